The van der Waals surface area contributed by atoms with Crippen LogP contribution in [0.1, 0.15) is 41.1 Å². The van der Waals surface area contributed by atoms with Gasteiger partial charge < -0.3 is 10.2 Å². The number of nitrogens with zero attached hydrogens (tertiary/aromatic N) is 4. The number of amides is 1. The highest BCUT2D eigenvalue weighted by atomic mass is 16.2. The Bertz CT molecular complexity index is 790. The number of hydrogen-bond acceptors (Lipinski definition) is 5. The third-order valence-electron chi connectivity index (χ3n) is 4.01. The molecule has 1 fully saturated rings. The van der Waals surface area contributed by atoms with Gasteiger partial charge in [0, 0.05) is 19.2 Å². The van der Waals surface area contributed by atoms with Crippen molar-refractivity contribution < 1.29 is 4.79 Å². The zero-order valence-electron chi connectivity index (χ0n) is 13.6. The first-order valence-corrected chi connectivity index (χ1v) is 8.08. The van der Waals surface area contributed by atoms with Crippen LogP contribution in [0, 0.1) is 18.3 Å². The van der Waals surface area contributed by atoms with E-state index in [-0.39, 0.29) is 5.91 Å². The number of likely N-dealkylation sites (tertiary alicyclic amines) is 1. The summed E-state index contributed by atoms with van der Waals surface area (Å²) in [4.78, 5) is 23.1. The Morgan fingerprint density at radius 3 is 2.71 bits per heavy atom. The summed E-state index contributed by atoms with van der Waals surface area (Å²) in [6.07, 6.45) is 3.25. The number of carbonyl (C=O) groups is 1. The number of rotatable bonds is 3. The van der Waals surface area contributed by atoms with E-state index in [2.05, 4.69) is 21.4 Å². The molecule has 0 saturated carbocycles. The normalized spacial score (nSPS) is 14.1. The number of hydrogen-bond donors (Lipinski definition) is 1. The van der Waals surface area contributed by atoms with Gasteiger partial charge in [0.15, 0.2) is 0 Å². The minimum absolute atomic E-state index is 0.0585. The Morgan fingerprint density at radius 1 is 1.21 bits per heavy atom. The SMILES string of the molecule is Cc1nc(Nc2ccccc2C#N)cc(C(=O)N2CCCCC2)n1. The Labute approximate surface area is 141 Å². The first-order valence-electron chi connectivity index (χ1n) is 8.08. The number of para-hydroxylation sites is 1. The van der Waals surface area contributed by atoms with E-state index in [4.69, 9.17) is 0 Å². The van der Waals surface area contributed by atoms with Crippen LogP contribution in [0.5, 0.6) is 0 Å². The number of aryl methyl sites for hydroxylation is 1. The minimum Gasteiger partial charge on any atom is -0.339 e. The minimum atomic E-state index is -0.0585. The highest BCUT2D eigenvalue weighted by Crippen LogP contribution is 2.20. The molecular formula is C18H19N5O. The van der Waals surface area contributed by atoms with Gasteiger partial charge in [-0.1, -0.05) is 12.1 Å². The maximum absolute atomic E-state index is 12.6. The molecule has 0 unspecified atom stereocenters. The van der Waals surface area contributed by atoms with E-state index in [1.54, 1.807) is 25.1 Å². The van der Waals surface area contributed by atoms with Crippen molar-refractivity contribution in [2.24, 2.45) is 0 Å². The van der Waals surface area contributed by atoms with Crippen molar-refractivity contribution >= 4 is 17.4 Å². The maximum atomic E-state index is 12.6. The van der Waals surface area contributed by atoms with Crippen LogP contribution in [0.2, 0.25) is 0 Å². The van der Waals surface area contributed by atoms with Gasteiger partial charge >= 0.3 is 0 Å². The molecular weight excluding hydrogens is 302 g/mol. The Balaban J connectivity index is 1.86. The van der Waals surface area contributed by atoms with E-state index in [1.807, 2.05) is 17.0 Å². The molecule has 3 rings (SSSR count). The van der Waals surface area contributed by atoms with Crippen molar-refractivity contribution in [1.29, 1.82) is 5.26 Å². The summed E-state index contributed by atoms with van der Waals surface area (Å²) in [5, 5.41) is 12.3. The van der Waals surface area contributed by atoms with Gasteiger partial charge in [-0.25, -0.2) is 9.97 Å². The summed E-state index contributed by atoms with van der Waals surface area (Å²) in [5.41, 5.74) is 1.58. The largest absolute Gasteiger partial charge is 0.339 e. The Kier molecular flexibility index (Phi) is 4.71. The molecule has 24 heavy (non-hydrogen) atoms. The summed E-state index contributed by atoms with van der Waals surface area (Å²) in [6, 6.07) is 11.0. The van der Waals surface area contributed by atoms with E-state index < -0.39 is 0 Å². The van der Waals surface area contributed by atoms with E-state index in [1.165, 1.54) is 6.42 Å². The number of anilines is 2. The lowest BCUT2D eigenvalue weighted by molar-refractivity contribution is 0.0718. The third kappa shape index (κ3) is 3.51. The van der Waals surface area contributed by atoms with Crippen molar-refractivity contribution in [1.82, 2.24) is 14.9 Å². The van der Waals surface area contributed by atoms with Crippen LogP contribution < -0.4 is 5.32 Å². The van der Waals surface area contributed by atoms with Crippen LogP contribution in [0.25, 0.3) is 0 Å². The predicted molar refractivity (Wildman–Crippen MR) is 91.0 cm³/mol. The lowest BCUT2D eigenvalue weighted by atomic mass is 10.1. The molecule has 0 bridgehead atoms. The summed E-state index contributed by atoms with van der Waals surface area (Å²) >= 11 is 0. The molecule has 1 aromatic carbocycles. The zero-order valence-corrected chi connectivity index (χ0v) is 13.6. The van der Waals surface area contributed by atoms with Gasteiger partial charge in [-0.05, 0) is 38.3 Å². The van der Waals surface area contributed by atoms with Crippen LogP contribution >= 0.6 is 0 Å². The predicted octanol–water partition coefficient (Wildman–Crippen LogP) is 3.03. The number of aromatic nitrogens is 2. The van der Waals surface area contributed by atoms with Gasteiger partial charge in [0.2, 0.25) is 0 Å². The summed E-state index contributed by atoms with van der Waals surface area (Å²) in [6.45, 7) is 3.32. The smallest absolute Gasteiger partial charge is 0.272 e. The second-order valence-electron chi connectivity index (χ2n) is 5.82. The number of nitriles is 1. The van der Waals surface area contributed by atoms with Gasteiger partial charge in [0.05, 0.1) is 11.3 Å². The molecule has 0 spiro atoms. The first-order chi connectivity index (χ1) is 11.7. The Morgan fingerprint density at radius 2 is 1.96 bits per heavy atom. The zero-order chi connectivity index (χ0) is 16.9. The van der Waals surface area contributed by atoms with Crippen LogP contribution in [0.15, 0.2) is 30.3 Å². The molecule has 1 aromatic heterocycles. The van der Waals surface area contributed by atoms with Gasteiger partial charge in [0.25, 0.3) is 5.91 Å². The molecule has 6 heteroatoms. The van der Waals surface area contributed by atoms with Gasteiger partial charge in [-0.3, -0.25) is 4.79 Å². The monoisotopic (exact) mass is 321 g/mol. The van der Waals surface area contributed by atoms with Crippen LogP contribution in [-0.2, 0) is 0 Å². The lowest BCUT2D eigenvalue weighted by Crippen LogP contribution is -2.36. The lowest BCUT2D eigenvalue weighted by Gasteiger charge is -2.26. The molecule has 1 saturated heterocycles. The maximum Gasteiger partial charge on any atom is 0.272 e. The van der Waals surface area contributed by atoms with Gasteiger partial charge in [-0.15, -0.1) is 0 Å². The van der Waals surface area contributed by atoms with Crippen LogP contribution in [0.4, 0.5) is 11.5 Å². The summed E-state index contributed by atoms with van der Waals surface area (Å²) in [7, 11) is 0. The van der Waals surface area contributed by atoms with Crippen LogP contribution in [0.3, 0.4) is 0 Å². The fraction of sp³-hybridized carbons (Fsp3) is 0.333. The molecule has 0 atom stereocenters. The fourth-order valence-electron chi connectivity index (χ4n) is 2.83. The van der Waals surface area contributed by atoms with Crippen molar-refractivity contribution in [2.75, 3.05) is 18.4 Å². The van der Waals surface area contributed by atoms with Crippen molar-refractivity contribution in [3.63, 3.8) is 0 Å². The van der Waals surface area contributed by atoms with Gasteiger partial charge in [0.1, 0.15) is 23.4 Å². The second-order valence-corrected chi connectivity index (χ2v) is 5.82. The van der Waals surface area contributed by atoms with Crippen molar-refractivity contribution in [3.05, 3.63) is 47.4 Å². The average molecular weight is 321 g/mol. The number of piperidine rings is 1. The quantitative estimate of drug-likeness (QED) is 0.939. The van der Waals surface area contributed by atoms with Gasteiger partial charge in [-0.2, -0.15) is 5.26 Å². The molecule has 0 aliphatic carbocycles. The van der Waals surface area contributed by atoms with Crippen molar-refractivity contribution in [3.8, 4) is 6.07 Å². The molecule has 0 radical (unpaired) electrons. The van der Waals surface area contributed by atoms with Crippen LogP contribution in [-0.4, -0.2) is 33.9 Å². The fourth-order valence-corrected chi connectivity index (χ4v) is 2.83. The molecule has 1 aliphatic heterocycles. The number of benzene rings is 1. The molecule has 122 valence electrons. The molecule has 2 heterocycles. The third-order valence-corrected chi connectivity index (χ3v) is 4.01. The summed E-state index contributed by atoms with van der Waals surface area (Å²) < 4.78 is 0. The van der Waals surface area contributed by atoms with E-state index in [0.717, 1.165) is 25.9 Å². The first kappa shape index (κ1) is 15.9. The Hall–Kier alpha value is -2.94. The molecule has 1 aliphatic rings. The van der Waals surface area contributed by atoms with E-state index >= 15 is 0 Å². The topological polar surface area (TPSA) is 81.9 Å². The van der Waals surface area contributed by atoms with E-state index in [9.17, 15) is 10.1 Å². The molecule has 1 N–H and O–H groups in total. The number of carbonyl (C=O) groups excluding carboxylic acids is 1. The van der Waals surface area contributed by atoms with Crippen molar-refractivity contribution in [2.45, 2.75) is 26.2 Å². The molecule has 1 amide bonds. The average Bonchev–Trinajstić information content (AvgIpc) is 2.62. The number of nitrogens with one attached hydrogen (secondary N) is 1. The van der Waals surface area contributed by atoms with E-state index in [0.29, 0.717) is 28.6 Å². The second kappa shape index (κ2) is 7.09. The molecule has 2 aromatic rings. The summed E-state index contributed by atoms with van der Waals surface area (Å²) in [5.74, 6) is 0.983. The highest BCUT2D eigenvalue weighted by Gasteiger charge is 2.20. The standard InChI is InChI=1S/C18H19N5O/c1-13-20-16(18(24)23-9-5-2-6-10-23)11-17(21-13)22-15-8-4-3-7-14(15)12-19/h3-4,7-8,11H,2,5-6,9-10H2,1H3,(H,20,21,22). The molecule has 6 nitrogen and oxygen atoms in total. The highest BCUT2D eigenvalue weighted by molar-refractivity contribution is 5.93.